The van der Waals surface area contributed by atoms with Gasteiger partial charge in [-0.15, -0.1) is 11.3 Å². The quantitative estimate of drug-likeness (QED) is 0.831. The number of alkyl halides is 3. The molecule has 8 heteroatoms. The molecule has 0 radical (unpaired) electrons. The van der Waals surface area contributed by atoms with Gasteiger partial charge < -0.3 is 4.90 Å². The van der Waals surface area contributed by atoms with Crippen molar-refractivity contribution in [2.24, 2.45) is 0 Å². The minimum atomic E-state index is -4.10. The second kappa shape index (κ2) is 5.11. The molecule has 1 saturated heterocycles. The topological polar surface area (TPSA) is 19.4 Å². The van der Waals surface area contributed by atoms with Gasteiger partial charge in [0.25, 0.3) is 0 Å². The third kappa shape index (κ3) is 3.82. The molecular formula is C9H11BrF3N3S. The van der Waals surface area contributed by atoms with Gasteiger partial charge in [0, 0.05) is 31.6 Å². The highest BCUT2D eigenvalue weighted by Crippen LogP contribution is 2.25. The first-order valence-corrected chi connectivity index (χ1v) is 6.76. The number of nitrogens with zero attached hydrogens (tertiary/aromatic N) is 3. The first-order chi connectivity index (χ1) is 7.94. The predicted octanol–water partition coefficient (Wildman–Crippen LogP) is 2.59. The predicted molar refractivity (Wildman–Crippen MR) is 64.5 cm³/mol. The second-order valence-electron chi connectivity index (χ2n) is 3.83. The van der Waals surface area contributed by atoms with Crippen molar-refractivity contribution in [1.82, 2.24) is 9.88 Å². The van der Waals surface area contributed by atoms with E-state index in [1.807, 2.05) is 10.3 Å². The third-order valence-electron chi connectivity index (χ3n) is 2.51. The lowest BCUT2D eigenvalue weighted by Gasteiger charge is -2.34. The van der Waals surface area contributed by atoms with Crippen LogP contribution in [0.1, 0.15) is 0 Å². The number of aromatic nitrogens is 1. The Balaban J connectivity index is 1.86. The summed E-state index contributed by atoms with van der Waals surface area (Å²) in [6.45, 7) is 1.22. The summed E-state index contributed by atoms with van der Waals surface area (Å²) in [6, 6.07) is 0. The van der Waals surface area contributed by atoms with Crippen LogP contribution in [-0.2, 0) is 0 Å². The Morgan fingerprint density at radius 1 is 1.29 bits per heavy atom. The summed E-state index contributed by atoms with van der Waals surface area (Å²) in [6.07, 6.45) is -4.10. The van der Waals surface area contributed by atoms with Crippen molar-refractivity contribution >= 4 is 32.4 Å². The van der Waals surface area contributed by atoms with Crippen molar-refractivity contribution in [2.75, 3.05) is 37.6 Å². The molecule has 3 nitrogen and oxygen atoms in total. The van der Waals surface area contributed by atoms with E-state index in [1.54, 1.807) is 0 Å². The zero-order valence-corrected chi connectivity index (χ0v) is 11.3. The zero-order chi connectivity index (χ0) is 12.5. The van der Waals surface area contributed by atoms with E-state index >= 15 is 0 Å². The van der Waals surface area contributed by atoms with E-state index in [-0.39, 0.29) is 0 Å². The van der Waals surface area contributed by atoms with Crippen LogP contribution in [0.2, 0.25) is 0 Å². The Bertz CT molecular complexity index is 374. The molecule has 1 aromatic heterocycles. The van der Waals surface area contributed by atoms with Gasteiger partial charge in [0.15, 0.2) is 5.13 Å². The third-order valence-corrected chi connectivity index (χ3v) is 4.12. The molecule has 17 heavy (non-hydrogen) atoms. The Kier molecular flexibility index (Phi) is 3.94. The van der Waals surface area contributed by atoms with Crippen LogP contribution in [0, 0.1) is 0 Å². The molecule has 0 atom stereocenters. The largest absolute Gasteiger partial charge is 0.401 e. The molecular weight excluding hydrogens is 319 g/mol. The first-order valence-electron chi connectivity index (χ1n) is 5.09. The van der Waals surface area contributed by atoms with Crippen molar-refractivity contribution in [3.8, 4) is 0 Å². The van der Waals surface area contributed by atoms with Crippen molar-refractivity contribution in [3.05, 3.63) is 9.98 Å². The molecule has 1 aromatic rings. The monoisotopic (exact) mass is 329 g/mol. The molecule has 2 rings (SSSR count). The first kappa shape index (κ1) is 13.1. The molecule has 0 unspecified atom stereocenters. The average Bonchev–Trinajstić information content (AvgIpc) is 2.63. The molecule has 96 valence electrons. The molecule has 0 bridgehead atoms. The Morgan fingerprint density at radius 3 is 2.41 bits per heavy atom. The molecule has 2 heterocycles. The molecule has 0 saturated carbocycles. The van der Waals surface area contributed by atoms with Crippen LogP contribution in [0.3, 0.4) is 0 Å². The van der Waals surface area contributed by atoms with E-state index in [0.717, 1.165) is 9.73 Å². The van der Waals surface area contributed by atoms with Crippen molar-refractivity contribution in [3.63, 3.8) is 0 Å². The van der Waals surface area contributed by atoms with Crippen LogP contribution in [0.15, 0.2) is 9.98 Å². The van der Waals surface area contributed by atoms with Crippen molar-refractivity contribution in [1.29, 1.82) is 0 Å². The minimum Gasteiger partial charge on any atom is -0.345 e. The fraction of sp³-hybridized carbons (Fsp3) is 0.667. The molecule has 0 aliphatic carbocycles. The van der Waals surface area contributed by atoms with Gasteiger partial charge in [0.05, 0.1) is 6.54 Å². The molecule has 1 aliphatic rings. The lowest BCUT2D eigenvalue weighted by atomic mass is 10.3. The molecule has 0 aromatic carbocycles. The summed E-state index contributed by atoms with van der Waals surface area (Å²) in [5, 5.41) is 2.74. The Labute approximate surface area is 109 Å². The molecule has 0 spiro atoms. The maximum Gasteiger partial charge on any atom is 0.401 e. The average molecular weight is 330 g/mol. The van der Waals surface area contributed by atoms with Gasteiger partial charge in [0.1, 0.15) is 4.60 Å². The highest BCUT2D eigenvalue weighted by molar-refractivity contribution is 9.10. The number of halogens is 4. The number of thiazole rings is 1. The zero-order valence-electron chi connectivity index (χ0n) is 8.87. The molecule has 1 aliphatic heterocycles. The second-order valence-corrected chi connectivity index (χ2v) is 5.48. The summed E-state index contributed by atoms with van der Waals surface area (Å²) < 4.78 is 37.3. The fourth-order valence-corrected chi connectivity index (χ4v) is 3.05. The number of rotatable bonds is 2. The van der Waals surface area contributed by atoms with E-state index in [9.17, 15) is 13.2 Å². The van der Waals surface area contributed by atoms with Crippen LogP contribution in [0.5, 0.6) is 0 Å². The van der Waals surface area contributed by atoms with E-state index in [0.29, 0.717) is 26.2 Å². The van der Waals surface area contributed by atoms with E-state index in [1.165, 1.54) is 16.2 Å². The minimum absolute atomic E-state index is 0.427. The number of hydrogen-bond acceptors (Lipinski definition) is 4. The molecule has 0 N–H and O–H groups in total. The van der Waals surface area contributed by atoms with Gasteiger partial charge in [-0.25, -0.2) is 4.98 Å². The van der Waals surface area contributed by atoms with E-state index < -0.39 is 12.7 Å². The Hall–Kier alpha value is -0.340. The lowest BCUT2D eigenvalue weighted by Crippen LogP contribution is -2.49. The highest BCUT2D eigenvalue weighted by atomic mass is 79.9. The molecule has 0 amide bonds. The van der Waals surface area contributed by atoms with Crippen LogP contribution in [-0.4, -0.2) is 48.8 Å². The van der Waals surface area contributed by atoms with Crippen molar-refractivity contribution < 1.29 is 13.2 Å². The van der Waals surface area contributed by atoms with Gasteiger partial charge in [-0.1, -0.05) is 0 Å². The van der Waals surface area contributed by atoms with Crippen LogP contribution in [0.25, 0.3) is 0 Å². The Morgan fingerprint density at radius 2 is 1.94 bits per heavy atom. The van der Waals surface area contributed by atoms with Crippen molar-refractivity contribution in [2.45, 2.75) is 6.18 Å². The number of anilines is 1. The van der Waals surface area contributed by atoms with E-state index in [2.05, 4.69) is 20.9 Å². The summed E-state index contributed by atoms with van der Waals surface area (Å²) >= 11 is 4.76. The SMILES string of the molecule is FC(F)(F)CN1CCN(c2nc(Br)cs2)CC1. The van der Waals surface area contributed by atoms with Gasteiger partial charge in [-0.2, -0.15) is 13.2 Å². The maximum atomic E-state index is 12.2. The maximum absolute atomic E-state index is 12.2. The van der Waals surface area contributed by atoms with Crippen LogP contribution in [0.4, 0.5) is 18.3 Å². The van der Waals surface area contributed by atoms with Gasteiger partial charge >= 0.3 is 6.18 Å². The molecule has 1 fully saturated rings. The van der Waals surface area contributed by atoms with Crippen LogP contribution >= 0.6 is 27.3 Å². The number of hydrogen-bond donors (Lipinski definition) is 0. The summed E-state index contributed by atoms with van der Waals surface area (Å²) in [4.78, 5) is 7.70. The van der Waals surface area contributed by atoms with Gasteiger partial charge in [0.2, 0.25) is 0 Å². The normalized spacial score (nSPS) is 18.7. The number of piperazine rings is 1. The summed E-state index contributed by atoms with van der Waals surface area (Å²) in [5.74, 6) is 0. The summed E-state index contributed by atoms with van der Waals surface area (Å²) in [5.41, 5.74) is 0. The van der Waals surface area contributed by atoms with Gasteiger partial charge in [-0.3, -0.25) is 4.90 Å². The highest BCUT2D eigenvalue weighted by Gasteiger charge is 2.32. The standard InChI is InChI=1S/C9H11BrF3N3S/c10-7-5-17-8(14-7)16-3-1-15(2-4-16)6-9(11,12)13/h5H,1-4,6H2. The summed E-state index contributed by atoms with van der Waals surface area (Å²) in [7, 11) is 0. The smallest absolute Gasteiger partial charge is 0.345 e. The fourth-order valence-electron chi connectivity index (χ4n) is 1.74. The lowest BCUT2D eigenvalue weighted by molar-refractivity contribution is -0.146. The van der Waals surface area contributed by atoms with E-state index in [4.69, 9.17) is 0 Å². The van der Waals surface area contributed by atoms with Crippen LogP contribution < -0.4 is 4.90 Å². The van der Waals surface area contributed by atoms with Gasteiger partial charge in [-0.05, 0) is 15.9 Å².